The summed E-state index contributed by atoms with van der Waals surface area (Å²) in [7, 11) is 0. The Kier molecular flexibility index (Phi) is 13.7. The van der Waals surface area contributed by atoms with Crippen LogP contribution in [-0.2, 0) is 16.1 Å². The molecule has 0 saturated heterocycles. The van der Waals surface area contributed by atoms with Crippen LogP contribution in [0.2, 0.25) is 0 Å². The average Bonchev–Trinajstić information content (AvgIpc) is 3.64. The second-order valence-electron chi connectivity index (χ2n) is 15.5. The highest BCUT2D eigenvalue weighted by Gasteiger charge is 2.14. The maximum Gasteiger partial charge on any atom is 0.346 e. The number of rotatable bonds is 15. The van der Waals surface area contributed by atoms with Crippen molar-refractivity contribution in [2.45, 2.75) is 39.2 Å². The van der Waals surface area contributed by atoms with Gasteiger partial charge in [0.15, 0.2) is 0 Å². The fourth-order valence-electron chi connectivity index (χ4n) is 7.80. The van der Waals surface area contributed by atoms with Crippen molar-refractivity contribution in [2.24, 2.45) is 0 Å². The lowest BCUT2D eigenvalue weighted by Crippen LogP contribution is -1.97. The molecule has 65 heavy (non-hydrogen) atoms. The molecule has 0 atom stereocenters. The molecule has 0 unspecified atom stereocenters. The van der Waals surface area contributed by atoms with Gasteiger partial charge in [-0.2, -0.15) is 21.0 Å². The summed E-state index contributed by atoms with van der Waals surface area (Å²) in [6.07, 6.45) is 10.9. The van der Waals surface area contributed by atoms with Gasteiger partial charge in [0.2, 0.25) is 0 Å². The molecule has 7 rings (SSSR count). The first kappa shape index (κ1) is 44.0. The van der Waals surface area contributed by atoms with Gasteiger partial charge in [-0.1, -0.05) is 135 Å². The standard InChI is InChI=1S/C56H41N5O4/c1-2-3-4-5-26-61-53-24-10-39(29-47(33-57)45-20-16-43(17-21-45)41-12-6-37(7-13-41)27-49(35-59)55(62)63)31-51(53)52-32-40(11-25-54(52)61)30-48(34-58)46-22-18-44(19-23-46)42-14-8-38(9-15-42)28-50(36-60)56(64)65/h6-25,27-32H,2-5,26H2,1H3,(H,62,63)(H,64,65)/b47-29+,48-30+,49-27+,50-28+. The van der Waals surface area contributed by atoms with E-state index >= 15 is 0 Å². The van der Waals surface area contributed by atoms with E-state index in [0.717, 1.165) is 92.1 Å². The van der Waals surface area contributed by atoms with Crippen LogP contribution in [0.1, 0.15) is 66.0 Å². The van der Waals surface area contributed by atoms with Crippen LogP contribution in [0.3, 0.4) is 0 Å². The van der Waals surface area contributed by atoms with Crippen molar-refractivity contribution in [3.8, 4) is 46.5 Å². The zero-order valence-electron chi connectivity index (χ0n) is 35.5. The van der Waals surface area contributed by atoms with E-state index in [2.05, 4.69) is 47.9 Å². The van der Waals surface area contributed by atoms with E-state index in [1.54, 1.807) is 36.4 Å². The summed E-state index contributed by atoms with van der Waals surface area (Å²) in [6, 6.07) is 50.6. The minimum absolute atomic E-state index is 0.340. The topological polar surface area (TPSA) is 175 Å². The zero-order valence-corrected chi connectivity index (χ0v) is 35.5. The second kappa shape index (κ2) is 20.2. The number of aliphatic carboxylic acids is 2. The van der Waals surface area contributed by atoms with Crippen LogP contribution in [0.5, 0.6) is 0 Å². The van der Waals surface area contributed by atoms with Crippen LogP contribution < -0.4 is 0 Å². The molecule has 0 aliphatic rings. The molecule has 6 aromatic carbocycles. The van der Waals surface area contributed by atoms with Crippen molar-refractivity contribution in [2.75, 3.05) is 0 Å². The van der Waals surface area contributed by atoms with Crippen LogP contribution in [0.25, 0.3) is 79.5 Å². The number of carbonyl (C=O) groups is 2. The summed E-state index contributed by atoms with van der Waals surface area (Å²) in [5.74, 6) is -2.55. The highest BCUT2D eigenvalue weighted by atomic mass is 16.4. The van der Waals surface area contributed by atoms with E-state index in [1.165, 1.54) is 18.6 Å². The Labute approximate surface area is 376 Å². The zero-order chi connectivity index (χ0) is 45.9. The van der Waals surface area contributed by atoms with Gasteiger partial charge in [-0.05, 0) is 111 Å². The number of hydrogen-bond donors (Lipinski definition) is 2. The van der Waals surface area contributed by atoms with Gasteiger partial charge in [-0.15, -0.1) is 0 Å². The number of fused-ring (bicyclic) bond motifs is 3. The number of carboxylic acids is 2. The lowest BCUT2D eigenvalue weighted by Gasteiger charge is -2.08. The largest absolute Gasteiger partial charge is 0.477 e. The Hall–Kier alpha value is -9.02. The smallest absolute Gasteiger partial charge is 0.346 e. The van der Waals surface area contributed by atoms with Crippen molar-refractivity contribution in [1.82, 2.24) is 4.57 Å². The van der Waals surface area contributed by atoms with E-state index < -0.39 is 11.9 Å². The number of unbranched alkanes of at least 4 members (excludes halogenated alkanes) is 3. The Morgan fingerprint density at radius 3 is 1.18 bits per heavy atom. The third-order valence-corrected chi connectivity index (χ3v) is 11.2. The van der Waals surface area contributed by atoms with Gasteiger partial charge in [-0.3, -0.25) is 0 Å². The summed E-state index contributed by atoms with van der Waals surface area (Å²) < 4.78 is 2.37. The molecule has 2 N–H and O–H groups in total. The van der Waals surface area contributed by atoms with E-state index in [4.69, 9.17) is 10.5 Å². The fraction of sp³-hybridized carbons (Fsp3) is 0.107. The van der Waals surface area contributed by atoms with Crippen LogP contribution in [-0.4, -0.2) is 26.7 Å². The Bertz CT molecular complexity index is 3030. The molecule has 0 amide bonds. The maximum atomic E-state index is 11.2. The quantitative estimate of drug-likeness (QED) is 0.0443. The summed E-state index contributed by atoms with van der Waals surface area (Å²) in [6.45, 7) is 3.06. The first-order valence-corrected chi connectivity index (χ1v) is 21.0. The van der Waals surface area contributed by atoms with Crippen molar-refractivity contribution in [1.29, 1.82) is 21.0 Å². The Morgan fingerprint density at radius 2 is 0.846 bits per heavy atom. The number of benzene rings is 6. The molecule has 9 heteroatoms. The highest BCUT2D eigenvalue weighted by Crippen LogP contribution is 2.34. The van der Waals surface area contributed by atoms with Crippen LogP contribution in [0.4, 0.5) is 0 Å². The molecule has 0 spiro atoms. The third-order valence-electron chi connectivity index (χ3n) is 11.2. The second-order valence-corrected chi connectivity index (χ2v) is 15.5. The van der Waals surface area contributed by atoms with Gasteiger partial charge in [-0.25, -0.2) is 9.59 Å². The summed E-state index contributed by atoms with van der Waals surface area (Å²) in [5.41, 5.74) is 10.7. The first-order valence-electron chi connectivity index (χ1n) is 21.0. The highest BCUT2D eigenvalue weighted by molar-refractivity contribution is 6.10. The number of hydrogen-bond acceptors (Lipinski definition) is 6. The van der Waals surface area contributed by atoms with Gasteiger partial charge in [0.05, 0.1) is 23.3 Å². The first-order chi connectivity index (χ1) is 31.6. The number of nitrogens with zero attached hydrogens (tertiary/aromatic N) is 5. The molecular weight excluding hydrogens is 807 g/mol. The monoisotopic (exact) mass is 847 g/mol. The fourth-order valence-corrected chi connectivity index (χ4v) is 7.80. The van der Waals surface area contributed by atoms with Gasteiger partial charge in [0.1, 0.15) is 23.3 Å². The van der Waals surface area contributed by atoms with E-state index in [-0.39, 0.29) is 11.1 Å². The predicted molar refractivity (Wildman–Crippen MR) is 257 cm³/mol. The van der Waals surface area contributed by atoms with Crippen molar-refractivity contribution < 1.29 is 19.8 Å². The molecule has 0 aliphatic carbocycles. The molecule has 1 aromatic heterocycles. The predicted octanol–water partition coefficient (Wildman–Crippen LogP) is 12.8. The number of allylic oxidation sites excluding steroid dienone is 2. The van der Waals surface area contributed by atoms with Crippen molar-refractivity contribution in [3.63, 3.8) is 0 Å². The molecule has 0 bridgehead atoms. The Morgan fingerprint density at radius 1 is 0.477 bits per heavy atom. The van der Waals surface area contributed by atoms with E-state index in [9.17, 15) is 30.3 Å². The number of nitriles is 4. The minimum Gasteiger partial charge on any atom is -0.477 e. The lowest BCUT2D eigenvalue weighted by atomic mass is 9.98. The van der Waals surface area contributed by atoms with Crippen molar-refractivity contribution in [3.05, 3.63) is 178 Å². The minimum atomic E-state index is -1.28. The van der Waals surface area contributed by atoms with E-state index in [1.807, 2.05) is 97.1 Å². The molecule has 1 heterocycles. The molecule has 0 saturated carbocycles. The maximum absolute atomic E-state index is 11.2. The van der Waals surface area contributed by atoms with Crippen molar-refractivity contribution >= 4 is 69.2 Å². The number of carboxylic acid groups (broad SMARTS) is 2. The van der Waals surface area contributed by atoms with Crippen LogP contribution in [0, 0.1) is 45.3 Å². The number of aromatic nitrogens is 1. The Balaban J connectivity index is 1.18. The van der Waals surface area contributed by atoms with E-state index in [0.29, 0.717) is 22.3 Å². The summed E-state index contributed by atoms with van der Waals surface area (Å²) >= 11 is 0. The summed E-state index contributed by atoms with van der Waals surface area (Å²) in [5, 5.41) is 59.3. The van der Waals surface area contributed by atoms with Gasteiger partial charge in [0, 0.05) is 28.4 Å². The molecule has 314 valence electrons. The number of aryl methyl sites for hydroxylation is 1. The summed E-state index contributed by atoms with van der Waals surface area (Å²) in [4.78, 5) is 22.5. The van der Waals surface area contributed by atoms with Crippen LogP contribution >= 0.6 is 0 Å². The van der Waals surface area contributed by atoms with Gasteiger partial charge < -0.3 is 14.8 Å². The normalized spacial score (nSPS) is 12.0. The molecule has 0 aliphatic heterocycles. The lowest BCUT2D eigenvalue weighted by molar-refractivity contribution is -0.133. The third kappa shape index (κ3) is 10.2. The van der Waals surface area contributed by atoms with Gasteiger partial charge in [0.25, 0.3) is 0 Å². The SMILES string of the molecule is CCCCCCn1c2ccc(/C=C(\C#N)c3ccc(-c4ccc(/C=C(\C#N)C(=O)O)cc4)cc3)cc2c2cc(/C=C(\C#N)c3ccc(-c4ccc(/C=C(\C#N)C(=O)O)cc4)cc3)ccc21. The molecule has 7 aromatic rings. The van der Waals surface area contributed by atoms with Crippen LogP contribution in [0.15, 0.2) is 145 Å². The molecular formula is C56H41N5O4. The molecule has 0 fully saturated rings. The molecule has 0 radical (unpaired) electrons. The molecule has 9 nitrogen and oxygen atoms in total. The van der Waals surface area contributed by atoms with Gasteiger partial charge >= 0.3 is 11.9 Å². The average molecular weight is 848 g/mol.